The van der Waals surface area contributed by atoms with Gasteiger partial charge in [0.05, 0.1) is 0 Å². The SMILES string of the molecule is [C-]#N.[H-].[Na+].[Ni]. The second-order valence-corrected chi connectivity index (χ2v) is 0. The minimum absolute atomic E-state index is 0. The van der Waals surface area contributed by atoms with E-state index >= 15 is 0 Å². The van der Waals surface area contributed by atoms with E-state index < -0.39 is 0 Å². The molecular weight excluding hydrogens is 108 g/mol. The van der Waals surface area contributed by atoms with Crippen LogP contribution in [0.25, 0.3) is 0 Å². The molecule has 0 saturated carbocycles. The molecule has 0 aromatic heterocycles. The second-order valence-electron chi connectivity index (χ2n) is 0. The molecule has 0 heterocycles. The molecule has 0 fully saturated rings. The molecule has 0 aliphatic rings. The van der Waals surface area contributed by atoms with E-state index in [1.54, 1.807) is 0 Å². The average Bonchev–Trinajstić information content (AvgIpc) is 1.00. The van der Waals surface area contributed by atoms with Crippen LogP contribution >= 0.6 is 0 Å². The van der Waals surface area contributed by atoms with Gasteiger partial charge in [-0.1, -0.05) is 0 Å². The molecule has 0 rings (SSSR count). The molecule has 0 aromatic rings. The van der Waals surface area contributed by atoms with Crippen molar-refractivity contribution in [2.45, 2.75) is 0 Å². The molecule has 1 nitrogen and oxygen atoms in total. The monoisotopic (exact) mass is 108 g/mol. The molecule has 0 atom stereocenters. The standard InChI is InChI=1S/CN.Na.Ni.H/c1-2;;;/q-1;+1;;-1. The minimum Gasteiger partial charge on any atom is -1.00 e. The van der Waals surface area contributed by atoms with Crippen LogP contribution < -0.4 is 29.6 Å². The summed E-state index contributed by atoms with van der Waals surface area (Å²) in [6.45, 7) is 4.75. The molecule has 3 heteroatoms. The quantitative estimate of drug-likeness (QED) is 0.243. The van der Waals surface area contributed by atoms with Crippen LogP contribution in [0.1, 0.15) is 1.43 Å². The summed E-state index contributed by atoms with van der Waals surface area (Å²) < 4.78 is 0. The van der Waals surface area contributed by atoms with Gasteiger partial charge in [0.25, 0.3) is 0 Å². The number of nitrogens with zero attached hydrogens (tertiary/aromatic N) is 1. The van der Waals surface area contributed by atoms with Crippen molar-refractivity contribution < 1.29 is 47.5 Å². The first kappa shape index (κ1) is 20.1. The third kappa shape index (κ3) is 12.1. The van der Waals surface area contributed by atoms with Crippen molar-refractivity contribution in [1.29, 1.82) is 5.26 Å². The van der Waals surface area contributed by atoms with E-state index in [1.807, 2.05) is 0 Å². The van der Waals surface area contributed by atoms with Gasteiger partial charge >= 0.3 is 29.6 Å². The summed E-state index contributed by atoms with van der Waals surface area (Å²) in [5.74, 6) is 0. The molecule has 0 spiro atoms. The summed E-state index contributed by atoms with van der Waals surface area (Å²) in [5, 5.41) is 6.25. The van der Waals surface area contributed by atoms with Gasteiger partial charge in [-0.3, -0.25) is 0 Å². The molecule has 22 valence electrons. The zero-order valence-electron chi connectivity index (χ0n) is 3.26. The molecule has 0 saturated heterocycles. The predicted molar refractivity (Wildman–Crippen MR) is 6.08 cm³/mol. The van der Waals surface area contributed by atoms with Crippen molar-refractivity contribution in [3.05, 3.63) is 6.57 Å². The minimum atomic E-state index is 0. The van der Waals surface area contributed by atoms with Crippen LogP contribution in [0.15, 0.2) is 0 Å². The fraction of sp³-hybridized carbons (Fsp3) is 0. The van der Waals surface area contributed by atoms with Crippen LogP contribution in [-0.2, 0) is 16.5 Å². The molecule has 0 bridgehead atoms. The van der Waals surface area contributed by atoms with Crippen LogP contribution in [0.2, 0.25) is 0 Å². The number of hydrogen-bond acceptors (Lipinski definition) is 1. The molecule has 0 unspecified atom stereocenters. The molecular formula is CHNNaNi-. The summed E-state index contributed by atoms with van der Waals surface area (Å²) in [6, 6.07) is 0. The van der Waals surface area contributed by atoms with Gasteiger partial charge in [-0.05, 0) is 0 Å². The zero-order chi connectivity index (χ0) is 2.00. The van der Waals surface area contributed by atoms with E-state index in [4.69, 9.17) is 11.8 Å². The van der Waals surface area contributed by atoms with Gasteiger partial charge < -0.3 is 13.3 Å². The summed E-state index contributed by atoms with van der Waals surface area (Å²) in [7, 11) is 0. The Morgan fingerprint density at radius 1 is 1.50 bits per heavy atom. The Bertz CT molecular complexity index is 16.4. The Kier molecular flexibility index (Phi) is 184. The summed E-state index contributed by atoms with van der Waals surface area (Å²) in [5.41, 5.74) is 0. The van der Waals surface area contributed by atoms with Crippen molar-refractivity contribution in [2.24, 2.45) is 0 Å². The maximum atomic E-state index is 6.25. The van der Waals surface area contributed by atoms with Crippen molar-refractivity contribution in [3.8, 4) is 0 Å². The van der Waals surface area contributed by atoms with Crippen LogP contribution in [-0.4, -0.2) is 0 Å². The fourth-order valence-corrected chi connectivity index (χ4v) is 0. The van der Waals surface area contributed by atoms with Gasteiger partial charge in [0.1, 0.15) is 0 Å². The van der Waals surface area contributed by atoms with E-state index in [-0.39, 0.29) is 47.5 Å². The third-order valence-corrected chi connectivity index (χ3v) is 0. The third-order valence-electron chi connectivity index (χ3n) is 0. The first-order valence-corrected chi connectivity index (χ1v) is 0.224. The van der Waals surface area contributed by atoms with Gasteiger partial charge in [0.2, 0.25) is 0 Å². The predicted octanol–water partition coefficient (Wildman–Crippen LogP) is -2.79. The second kappa shape index (κ2) is 36.7. The zero-order valence-corrected chi connectivity index (χ0v) is 5.25. The van der Waals surface area contributed by atoms with Gasteiger partial charge in [0.15, 0.2) is 0 Å². The van der Waals surface area contributed by atoms with Crippen molar-refractivity contribution in [3.63, 3.8) is 0 Å². The van der Waals surface area contributed by atoms with Crippen LogP contribution in [0.4, 0.5) is 0 Å². The van der Waals surface area contributed by atoms with Crippen molar-refractivity contribution in [1.82, 2.24) is 0 Å². The van der Waals surface area contributed by atoms with E-state index in [0.29, 0.717) is 0 Å². The van der Waals surface area contributed by atoms with Crippen LogP contribution in [0.5, 0.6) is 0 Å². The van der Waals surface area contributed by atoms with E-state index in [0.717, 1.165) is 0 Å². The van der Waals surface area contributed by atoms with Crippen molar-refractivity contribution >= 4 is 0 Å². The van der Waals surface area contributed by atoms with Gasteiger partial charge in [-0.2, -0.15) is 0 Å². The first-order chi connectivity index (χ1) is 1.00. The Morgan fingerprint density at radius 2 is 1.50 bits per heavy atom. The van der Waals surface area contributed by atoms with Crippen LogP contribution in [0.3, 0.4) is 0 Å². The molecule has 0 aromatic carbocycles. The molecule has 4 heavy (non-hydrogen) atoms. The number of hydrogen-bond donors (Lipinski definition) is 0. The molecule has 0 aliphatic carbocycles. The Balaban J connectivity index is -0.00000000167. The Hall–Kier alpha value is 0.984. The van der Waals surface area contributed by atoms with E-state index in [9.17, 15) is 0 Å². The smallest absolute Gasteiger partial charge is 1.00 e. The van der Waals surface area contributed by atoms with Crippen LogP contribution in [0, 0.1) is 11.8 Å². The fourth-order valence-electron chi connectivity index (χ4n) is 0. The Labute approximate surface area is 59.1 Å². The van der Waals surface area contributed by atoms with Gasteiger partial charge in [-0.25, -0.2) is 0 Å². The van der Waals surface area contributed by atoms with E-state index in [1.165, 1.54) is 0 Å². The van der Waals surface area contributed by atoms with Gasteiger partial charge in [-0.15, -0.1) is 0 Å². The summed E-state index contributed by atoms with van der Waals surface area (Å²) in [6.07, 6.45) is 0. The normalized spacial score (nSPS) is 0.500. The number of rotatable bonds is 0. The topological polar surface area (TPSA) is 23.8 Å². The summed E-state index contributed by atoms with van der Waals surface area (Å²) >= 11 is 0. The van der Waals surface area contributed by atoms with Crippen molar-refractivity contribution in [2.75, 3.05) is 0 Å². The maximum Gasteiger partial charge on any atom is 1.00 e. The largest absolute Gasteiger partial charge is 1.00 e. The van der Waals surface area contributed by atoms with E-state index in [2.05, 4.69) is 0 Å². The average molecular weight is 109 g/mol. The molecule has 0 N–H and O–H groups in total. The molecule has 0 radical (unpaired) electrons. The molecule has 0 aliphatic heterocycles. The maximum absolute atomic E-state index is 6.25. The Morgan fingerprint density at radius 3 is 1.50 bits per heavy atom. The van der Waals surface area contributed by atoms with Gasteiger partial charge in [0, 0.05) is 16.5 Å². The first-order valence-electron chi connectivity index (χ1n) is 0.224. The molecule has 0 amide bonds. The summed E-state index contributed by atoms with van der Waals surface area (Å²) in [4.78, 5) is 0.